The summed E-state index contributed by atoms with van der Waals surface area (Å²) in [5, 5.41) is 11.8. The molecule has 0 saturated carbocycles. The first-order chi connectivity index (χ1) is 20.6. The summed E-state index contributed by atoms with van der Waals surface area (Å²) in [6.45, 7) is 5.33. The molecule has 0 amide bonds. The molecular formula is C36H38O6. The van der Waals surface area contributed by atoms with Crippen molar-refractivity contribution < 1.29 is 28.8 Å². The third-order valence-corrected chi connectivity index (χ3v) is 7.27. The van der Waals surface area contributed by atoms with Gasteiger partial charge in [-0.2, -0.15) is 0 Å². The molecule has 1 fully saturated rings. The summed E-state index contributed by atoms with van der Waals surface area (Å²) in [7, 11) is 0. The average Bonchev–Trinajstić information content (AvgIpc) is 3.05. The van der Waals surface area contributed by atoms with Gasteiger partial charge in [0.05, 0.1) is 33.0 Å². The van der Waals surface area contributed by atoms with Crippen molar-refractivity contribution in [1.82, 2.24) is 0 Å². The molecule has 4 aromatic rings. The minimum Gasteiger partial charge on any atom is -0.374 e. The van der Waals surface area contributed by atoms with E-state index in [4.69, 9.17) is 23.7 Å². The van der Waals surface area contributed by atoms with Crippen molar-refractivity contribution in [1.29, 1.82) is 0 Å². The van der Waals surface area contributed by atoms with Gasteiger partial charge in [0.2, 0.25) is 5.79 Å². The monoisotopic (exact) mass is 566 g/mol. The standard InChI is InChI=1S/C36H38O6/c1-2-36(37)35(41-26-31-21-13-6-14-22-31)34(40-25-30-19-11-5-12-20-30)33(39-24-29-17-9-4-10-18-29)32(42-36)27-38-23-28-15-7-3-8-16-28/h2-22,32-35,37H,1,23-27H2/t32?,33-,34+,35?,36+/m1/s1. The summed E-state index contributed by atoms with van der Waals surface area (Å²) in [5.41, 5.74) is 4.00. The fourth-order valence-electron chi connectivity index (χ4n) is 5.05. The molecule has 5 atom stereocenters. The van der Waals surface area contributed by atoms with Crippen LogP contribution in [-0.4, -0.2) is 41.9 Å². The third-order valence-electron chi connectivity index (χ3n) is 7.27. The number of hydrogen-bond donors (Lipinski definition) is 1. The van der Waals surface area contributed by atoms with Crippen molar-refractivity contribution in [2.75, 3.05) is 6.61 Å². The molecule has 6 heteroatoms. The molecule has 1 heterocycles. The highest BCUT2D eigenvalue weighted by Gasteiger charge is 2.55. The van der Waals surface area contributed by atoms with Crippen molar-refractivity contribution in [3.05, 3.63) is 156 Å². The molecule has 1 aliphatic rings. The van der Waals surface area contributed by atoms with Crippen LogP contribution >= 0.6 is 0 Å². The largest absolute Gasteiger partial charge is 0.374 e. The Hall–Kier alpha value is -3.62. The van der Waals surface area contributed by atoms with E-state index in [2.05, 4.69) is 6.58 Å². The van der Waals surface area contributed by atoms with Gasteiger partial charge in [0, 0.05) is 0 Å². The normalized spacial score (nSPS) is 23.8. The van der Waals surface area contributed by atoms with E-state index in [0.29, 0.717) is 19.8 Å². The second kappa shape index (κ2) is 15.0. The maximum absolute atomic E-state index is 11.8. The highest BCUT2D eigenvalue weighted by atomic mass is 16.7. The lowest BCUT2D eigenvalue weighted by molar-refractivity contribution is -0.351. The van der Waals surface area contributed by atoms with Gasteiger partial charge in [-0.25, -0.2) is 0 Å². The van der Waals surface area contributed by atoms with E-state index >= 15 is 0 Å². The number of rotatable bonds is 14. The number of aliphatic hydroxyl groups is 1. The first-order valence-electron chi connectivity index (χ1n) is 14.3. The fourth-order valence-corrected chi connectivity index (χ4v) is 5.05. The van der Waals surface area contributed by atoms with Gasteiger partial charge >= 0.3 is 0 Å². The van der Waals surface area contributed by atoms with Crippen molar-refractivity contribution in [3.63, 3.8) is 0 Å². The van der Waals surface area contributed by atoms with E-state index in [1.165, 1.54) is 6.08 Å². The molecule has 42 heavy (non-hydrogen) atoms. The van der Waals surface area contributed by atoms with Crippen LogP contribution < -0.4 is 0 Å². The lowest BCUT2D eigenvalue weighted by Crippen LogP contribution is -2.66. The molecule has 4 aromatic carbocycles. The van der Waals surface area contributed by atoms with E-state index in [1.807, 2.05) is 121 Å². The van der Waals surface area contributed by atoms with Crippen LogP contribution in [0, 0.1) is 0 Å². The Bertz CT molecular complexity index is 1330. The van der Waals surface area contributed by atoms with Crippen molar-refractivity contribution in [2.24, 2.45) is 0 Å². The Morgan fingerprint density at radius 2 is 1.00 bits per heavy atom. The zero-order chi connectivity index (χ0) is 29.0. The lowest BCUT2D eigenvalue weighted by Gasteiger charge is -2.49. The molecule has 0 spiro atoms. The van der Waals surface area contributed by atoms with Crippen LogP contribution in [0.1, 0.15) is 22.3 Å². The van der Waals surface area contributed by atoms with Crippen molar-refractivity contribution in [2.45, 2.75) is 56.6 Å². The van der Waals surface area contributed by atoms with Gasteiger partial charge in [0.15, 0.2) is 0 Å². The van der Waals surface area contributed by atoms with Gasteiger partial charge in [-0.15, -0.1) is 0 Å². The predicted octanol–water partition coefficient (Wildman–Crippen LogP) is 6.23. The Morgan fingerprint density at radius 1 is 0.595 bits per heavy atom. The van der Waals surface area contributed by atoms with Gasteiger partial charge in [0.25, 0.3) is 0 Å². The Morgan fingerprint density at radius 3 is 1.45 bits per heavy atom. The van der Waals surface area contributed by atoms with Crippen LogP contribution in [0.2, 0.25) is 0 Å². The van der Waals surface area contributed by atoms with Gasteiger partial charge in [-0.05, 0) is 28.3 Å². The summed E-state index contributed by atoms with van der Waals surface area (Å²) in [5.74, 6) is -1.84. The molecule has 1 saturated heterocycles. The Kier molecular flexibility index (Phi) is 10.7. The van der Waals surface area contributed by atoms with Crippen molar-refractivity contribution >= 4 is 0 Å². The molecular weight excluding hydrogens is 528 g/mol. The van der Waals surface area contributed by atoms with Crippen molar-refractivity contribution in [3.8, 4) is 0 Å². The van der Waals surface area contributed by atoms with Crippen LogP contribution in [0.15, 0.2) is 134 Å². The Balaban J connectivity index is 1.42. The van der Waals surface area contributed by atoms with E-state index in [9.17, 15) is 5.11 Å². The summed E-state index contributed by atoms with van der Waals surface area (Å²) >= 11 is 0. The first-order valence-corrected chi connectivity index (χ1v) is 14.3. The van der Waals surface area contributed by atoms with Gasteiger partial charge in [-0.1, -0.05) is 128 Å². The second-order valence-electron chi connectivity index (χ2n) is 10.4. The van der Waals surface area contributed by atoms with E-state index < -0.39 is 30.2 Å². The average molecular weight is 567 g/mol. The number of hydrogen-bond acceptors (Lipinski definition) is 6. The van der Waals surface area contributed by atoms with Crippen LogP contribution in [-0.2, 0) is 50.1 Å². The highest BCUT2D eigenvalue weighted by Crippen LogP contribution is 2.36. The SMILES string of the molecule is C=C[C@]1(O)OC(COCc2ccccc2)[C@@H](OCc2ccccc2)[C@H](OCc2ccccc2)C1OCc1ccccc1. The molecule has 0 bridgehead atoms. The maximum atomic E-state index is 11.8. The molecule has 6 nitrogen and oxygen atoms in total. The molecule has 218 valence electrons. The zero-order valence-electron chi connectivity index (χ0n) is 23.7. The number of benzene rings is 4. The smallest absolute Gasteiger partial charge is 0.215 e. The molecule has 1 aliphatic heterocycles. The highest BCUT2D eigenvalue weighted by molar-refractivity contribution is 5.17. The zero-order valence-corrected chi connectivity index (χ0v) is 23.7. The summed E-state index contributed by atoms with van der Waals surface area (Å²) in [6.07, 6.45) is -1.55. The quantitative estimate of drug-likeness (QED) is 0.183. The van der Waals surface area contributed by atoms with Crippen LogP contribution in [0.25, 0.3) is 0 Å². The first kappa shape index (κ1) is 29.9. The molecule has 2 unspecified atom stereocenters. The maximum Gasteiger partial charge on any atom is 0.215 e. The molecule has 0 radical (unpaired) electrons. The minimum absolute atomic E-state index is 0.168. The van der Waals surface area contributed by atoms with Gasteiger partial charge in [0.1, 0.15) is 24.4 Å². The third kappa shape index (κ3) is 8.01. The van der Waals surface area contributed by atoms with E-state index in [1.54, 1.807) is 0 Å². The summed E-state index contributed by atoms with van der Waals surface area (Å²) < 4.78 is 31.9. The predicted molar refractivity (Wildman–Crippen MR) is 161 cm³/mol. The second-order valence-corrected chi connectivity index (χ2v) is 10.4. The van der Waals surface area contributed by atoms with Crippen LogP contribution in [0.4, 0.5) is 0 Å². The molecule has 0 aliphatic carbocycles. The fraction of sp³-hybridized carbons (Fsp3) is 0.278. The van der Waals surface area contributed by atoms with Gasteiger partial charge < -0.3 is 28.8 Å². The lowest BCUT2D eigenvalue weighted by atomic mass is 9.91. The number of ether oxygens (including phenoxy) is 5. The summed E-state index contributed by atoms with van der Waals surface area (Å²) in [4.78, 5) is 0. The van der Waals surface area contributed by atoms with E-state index in [-0.39, 0.29) is 13.2 Å². The van der Waals surface area contributed by atoms with Gasteiger partial charge in [-0.3, -0.25) is 0 Å². The minimum atomic E-state index is -1.84. The molecule has 1 N–H and O–H groups in total. The Labute approximate surface area is 248 Å². The van der Waals surface area contributed by atoms with Crippen LogP contribution in [0.5, 0.6) is 0 Å². The molecule has 5 rings (SSSR count). The van der Waals surface area contributed by atoms with Crippen LogP contribution in [0.3, 0.4) is 0 Å². The summed E-state index contributed by atoms with van der Waals surface area (Å²) in [6, 6.07) is 39.5. The molecule has 0 aromatic heterocycles. The van der Waals surface area contributed by atoms with E-state index in [0.717, 1.165) is 22.3 Å². The topological polar surface area (TPSA) is 66.4 Å².